The van der Waals surface area contributed by atoms with E-state index in [1.54, 1.807) is 0 Å². The van der Waals surface area contributed by atoms with Crippen molar-refractivity contribution in [3.63, 3.8) is 0 Å². The van der Waals surface area contributed by atoms with E-state index in [1.807, 2.05) is 0 Å². The van der Waals surface area contributed by atoms with E-state index in [2.05, 4.69) is 0 Å². The van der Waals surface area contributed by atoms with Crippen molar-refractivity contribution >= 4 is 5.97 Å². The lowest BCUT2D eigenvalue weighted by Gasteiger charge is -2.56. The van der Waals surface area contributed by atoms with Gasteiger partial charge in [-0.1, -0.05) is 0 Å². The molecule has 2 aliphatic carbocycles. The summed E-state index contributed by atoms with van der Waals surface area (Å²) in [6.07, 6.45) is 7.59. The summed E-state index contributed by atoms with van der Waals surface area (Å²) in [5, 5.41) is 0. The van der Waals surface area contributed by atoms with E-state index in [4.69, 9.17) is 14.2 Å². The quantitative estimate of drug-likeness (QED) is 0.554. The number of rotatable bonds is 2. The van der Waals surface area contributed by atoms with Gasteiger partial charge in [0.25, 0.3) is 0 Å². The van der Waals surface area contributed by atoms with Gasteiger partial charge in [0, 0.05) is 6.42 Å². The topological polar surface area (TPSA) is 48.1 Å². The van der Waals surface area contributed by atoms with Crippen LogP contribution in [0.5, 0.6) is 0 Å². The highest BCUT2D eigenvalue weighted by Crippen LogP contribution is 2.57. The summed E-state index contributed by atoms with van der Waals surface area (Å²) in [6, 6.07) is 0. The molecular formula is C14H20O4. The summed E-state index contributed by atoms with van der Waals surface area (Å²) < 4.78 is 16.6. The molecule has 3 aliphatic heterocycles. The zero-order valence-electron chi connectivity index (χ0n) is 10.8. The molecule has 3 heterocycles. The lowest BCUT2D eigenvalue weighted by molar-refractivity contribution is -0.246. The fourth-order valence-corrected chi connectivity index (χ4v) is 4.47. The van der Waals surface area contributed by atoms with Crippen molar-refractivity contribution in [2.75, 3.05) is 7.11 Å². The van der Waals surface area contributed by atoms with Crippen molar-refractivity contribution in [1.29, 1.82) is 0 Å². The highest BCUT2D eigenvalue weighted by atomic mass is 16.6. The summed E-state index contributed by atoms with van der Waals surface area (Å²) in [6.45, 7) is 0. The Kier molecular flexibility index (Phi) is 2.31. The van der Waals surface area contributed by atoms with Crippen molar-refractivity contribution in [3.8, 4) is 0 Å². The predicted molar refractivity (Wildman–Crippen MR) is 63.0 cm³/mol. The van der Waals surface area contributed by atoms with E-state index in [9.17, 15) is 4.79 Å². The first-order chi connectivity index (χ1) is 8.74. The maximum Gasteiger partial charge on any atom is 0.314 e. The third kappa shape index (κ3) is 1.36. The van der Waals surface area contributed by atoms with Crippen LogP contribution in [0.3, 0.4) is 0 Å². The second kappa shape index (κ2) is 3.70. The van der Waals surface area contributed by atoms with Crippen LogP contribution >= 0.6 is 0 Å². The fraction of sp³-hybridized carbons (Fsp3) is 0.929. The lowest BCUT2D eigenvalue weighted by atomic mass is 9.57. The molecule has 3 saturated heterocycles. The molecule has 0 radical (unpaired) electrons. The van der Waals surface area contributed by atoms with E-state index in [0.29, 0.717) is 24.2 Å². The molecule has 18 heavy (non-hydrogen) atoms. The largest absolute Gasteiger partial charge is 0.469 e. The zero-order chi connectivity index (χ0) is 12.3. The van der Waals surface area contributed by atoms with Gasteiger partial charge >= 0.3 is 5.97 Å². The van der Waals surface area contributed by atoms with Gasteiger partial charge in [0.1, 0.15) is 0 Å². The number of fused-ring (bicyclic) bond motifs is 3. The minimum absolute atomic E-state index is 0.0465. The lowest BCUT2D eigenvalue weighted by Crippen LogP contribution is -2.62. The molecule has 0 aromatic heterocycles. The maximum atomic E-state index is 12.4. The van der Waals surface area contributed by atoms with Crippen molar-refractivity contribution < 1.29 is 19.0 Å². The first-order valence-electron chi connectivity index (χ1n) is 7.13. The molecule has 2 saturated carbocycles. The van der Waals surface area contributed by atoms with E-state index in [1.165, 1.54) is 7.11 Å². The van der Waals surface area contributed by atoms with Crippen LogP contribution < -0.4 is 0 Å². The molecule has 5 aliphatic rings. The van der Waals surface area contributed by atoms with Crippen LogP contribution in [0.4, 0.5) is 0 Å². The third-order valence-corrected chi connectivity index (χ3v) is 5.59. The summed E-state index contributed by atoms with van der Waals surface area (Å²) in [4.78, 5) is 12.4. The molecule has 6 unspecified atom stereocenters. The first kappa shape index (κ1) is 11.2. The molecule has 0 aromatic rings. The molecule has 0 N–H and O–H groups in total. The molecule has 4 heteroatoms. The predicted octanol–water partition coefficient (Wildman–Crippen LogP) is 1.66. The number of ether oxygens (including phenoxy) is 3. The molecule has 2 bridgehead atoms. The van der Waals surface area contributed by atoms with Crippen LogP contribution in [0.1, 0.15) is 38.5 Å². The van der Waals surface area contributed by atoms with Crippen molar-refractivity contribution in [3.05, 3.63) is 0 Å². The standard InChI is InChI=1S/C14H20O4/c1-16-13(15)14(5-4-9-7-12(14)17-9)8-2-3-10-11(6-8)18-10/h8-12H,2-7H2,1H3. The van der Waals surface area contributed by atoms with Gasteiger partial charge in [0.05, 0.1) is 36.9 Å². The smallest absolute Gasteiger partial charge is 0.314 e. The van der Waals surface area contributed by atoms with Crippen LogP contribution in [0, 0.1) is 11.3 Å². The molecule has 0 aromatic carbocycles. The number of hydrogen-bond acceptors (Lipinski definition) is 4. The normalized spacial score (nSPS) is 53.1. The van der Waals surface area contributed by atoms with Gasteiger partial charge in [0.15, 0.2) is 0 Å². The molecule has 6 atom stereocenters. The van der Waals surface area contributed by atoms with Crippen molar-refractivity contribution in [2.24, 2.45) is 11.3 Å². The average Bonchev–Trinajstić information content (AvgIpc) is 3.14. The van der Waals surface area contributed by atoms with Crippen LogP contribution in [0.15, 0.2) is 0 Å². The minimum atomic E-state index is -0.375. The molecule has 0 amide bonds. The molecule has 100 valence electrons. The van der Waals surface area contributed by atoms with Crippen molar-refractivity contribution in [2.45, 2.75) is 62.9 Å². The van der Waals surface area contributed by atoms with Crippen LogP contribution in [-0.2, 0) is 19.0 Å². The number of esters is 1. The summed E-state index contributed by atoms with van der Waals surface area (Å²) in [5.41, 5.74) is -0.375. The highest BCUT2D eigenvalue weighted by Gasteiger charge is 2.63. The Morgan fingerprint density at radius 2 is 2.00 bits per heavy atom. The van der Waals surface area contributed by atoms with E-state index in [0.717, 1.165) is 38.5 Å². The Bertz CT molecular complexity index is 373. The van der Waals surface area contributed by atoms with Crippen LogP contribution in [0.25, 0.3) is 0 Å². The van der Waals surface area contributed by atoms with Crippen LogP contribution in [-0.4, -0.2) is 37.5 Å². The Morgan fingerprint density at radius 1 is 1.17 bits per heavy atom. The van der Waals surface area contributed by atoms with Crippen molar-refractivity contribution in [1.82, 2.24) is 0 Å². The second-order valence-corrected chi connectivity index (χ2v) is 6.28. The van der Waals surface area contributed by atoms with Gasteiger partial charge < -0.3 is 14.2 Å². The molecule has 5 rings (SSSR count). The van der Waals surface area contributed by atoms with Gasteiger partial charge in [-0.2, -0.15) is 0 Å². The average molecular weight is 252 g/mol. The van der Waals surface area contributed by atoms with Crippen LogP contribution in [0.2, 0.25) is 0 Å². The Hall–Kier alpha value is -0.610. The highest BCUT2D eigenvalue weighted by molar-refractivity contribution is 5.78. The van der Waals surface area contributed by atoms with E-state index >= 15 is 0 Å². The van der Waals surface area contributed by atoms with E-state index in [-0.39, 0.29) is 17.5 Å². The van der Waals surface area contributed by atoms with Gasteiger partial charge in [-0.05, 0) is 38.0 Å². The summed E-state index contributed by atoms with van der Waals surface area (Å²) in [7, 11) is 1.51. The SMILES string of the molecule is COC(=O)C1(C2CCC3OC3C2)CCC2CC1O2. The monoisotopic (exact) mass is 252 g/mol. The zero-order valence-corrected chi connectivity index (χ0v) is 10.8. The summed E-state index contributed by atoms with van der Waals surface area (Å²) in [5.74, 6) is 0.342. The van der Waals surface area contributed by atoms with Gasteiger partial charge in [0.2, 0.25) is 0 Å². The number of epoxide rings is 1. The third-order valence-electron chi connectivity index (χ3n) is 5.59. The van der Waals surface area contributed by atoms with E-state index < -0.39 is 0 Å². The Labute approximate surface area is 107 Å². The fourth-order valence-electron chi connectivity index (χ4n) is 4.47. The Balaban J connectivity index is 1.63. The number of hydrogen-bond donors (Lipinski definition) is 0. The van der Waals surface area contributed by atoms with Gasteiger partial charge in [-0.3, -0.25) is 4.79 Å². The Morgan fingerprint density at radius 3 is 2.61 bits per heavy atom. The molecule has 5 fully saturated rings. The molecule has 4 nitrogen and oxygen atoms in total. The summed E-state index contributed by atoms with van der Waals surface area (Å²) >= 11 is 0. The van der Waals surface area contributed by atoms with Gasteiger partial charge in [-0.15, -0.1) is 0 Å². The number of methoxy groups -OCH3 is 1. The molecular weight excluding hydrogens is 232 g/mol. The molecule has 0 spiro atoms. The van der Waals surface area contributed by atoms with Gasteiger partial charge in [-0.25, -0.2) is 0 Å². The number of carbonyl (C=O) groups is 1. The second-order valence-electron chi connectivity index (χ2n) is 6.28. The maximum absolute atomic E-state index is 12.4. The number of carbonyl (C=O) groups excluding carboxylic acids is 1. The minimum Gasteiger partial charge on any atom is -0.469 e. The first-order valence-corrected chi connectivity index (χ1v) is 7.13.